The highest BCUT2D eigenvalue weighted by atomic mass is 32.2. The van der Waals surface area contributed by atoms with E-state index in [4.69, 9.17) is 0 Å². The maximum Gasteiger partial charge on any atom is 0.219 e. The molecule has 0 aromatic heterocycles. The maximum atomic E-state index is 10.2. The molecule has 1 aliphatic heterocycles. The van der Waals surface area contributed by atoms with Crippen molar-refractivity contribution in [1.82, 2.24) is 4.81 Å². The number of para-hydroxylation sites is 2. The molecule has 1 heterocycles. The van der Waals surface area contributed by atoms with E-state index in [1.807, 2.05) is 24.3 Å². The maximum absolute atomic E-state index is 10.2. The first-order chi connectivity index (χ1) is 7.69. The molecule has 0 spiro atoms. The third-order valence-corrected chi connectivity index (χ3v) is 3.75. The number of rotatable bonds is 0. The molecule has 0 amide bonds. The monoisotopic (exact) mass is 232 g/mol. The Hall–Kier alpha value is -1.33. The molecule has 16 heavy (non-hydrogen) atoms. The fourth-order valence-corrected chi connectivity index (χ4v) is 2.98. The van der Waals surface area contributed by atoms with Gasteiger partial charge in [0.15, 0.2) is 0 Å². The van der Waals surface area contributed by atoms with Crippen LogP contribution in [0.3, 0.4) is 0 Å². The second-order valence-corrected chi connectivity index (χ2v) is 4.72. The summed E-state index contributed by atoms with van der Waals surface area (Å²) in [5, 5.41) is 20.3. The number of hydrogen-bond acceptors (Lipinski definition) is 3. The molecule has 2 N–H and O–H groups in total. The van der Waals surface area contributed by atoms with Crippen LogP contribution in [0.5, 0.6) is 0 Å². The normalized spacial score (nSPS) is 16.4. The van der Waals surface area contributed by atoms with Crippen molar-refractivity contribution in [3.8, 4) is 0 Å². The molecule has 0 atom stereocenters. The highest BCUT2D eigenvalue weighted by molar-refractivity contribution is 7.99. The molecule has 0 unspecified atom stereocenters. The van der Waals surface area contributed by atoms with Gasteiger partial charge in [0, 0.05) is 16.9 Å². The van der Waals surface area contributed by atoms with Gasteiger partial charge in [-0.15, -0.1) is 0 Å². The zero-order valence-corrected chi connectivity index (χ0v) is 9.19. The third kappa shape index (κ3) is 1.28. The molecule has 0 aliphatic carbocycles. The van der Waals surface area contributed by atoms with Crippen molar-refractivity contribution in [2.75, 3.05) is 0 Å². The van der Waals surface area contributed by atoms with Crippen molar-refractivity contribution in [1.29, 1.82) is 0 Å². The molecule has 3 nitrogen and oxygen atoms in total. The number of nitrogens with zero attached hydrogens (tertiary/aromatic N) is 1. The van der Waals surface area contributed by atoms with Gasteiger partial charge in [-0.25, -0.2) is 0 Å². The van der Waals surface area contributed by atoms with Crippen molar-refractivity contribution < 1.29 is 10.4 Å². The van der Waals surface area contributed by atoms with Crippen LogP contribution in [0.2, 0.25) is 0 Å². The Balaban J connectivity index is 2.28. The van der Waals surface area contributed by atoms with Gasteiger partial charge in [-0.05, 0) is 12.1 Å². The minimum absolute atomic E-state index is 0.492. The van der Waals surface area contributed by atoms with Gasteiger partial charge in [0.2, 0.25) is 11.4 Å². The molecule has 3 rings (SSSR count). The Bertz CT molecular complexity index is 507. The van der Waals surface area contributed by atoms with Crippen molar-refractivity contribution in [2.24, 2.45) is 0 Å². The Morgan fingerprint density at radius 3 is 1.69 bits per heavy atom. The molecule has 2 aromatic carbocycles. The van der Waals surface area contributed by atoms with Gasteiger partial charge in [-0.2, -0.15) is 10.4 Å². The van der Waals surface area contributed by atoms with Crippen LogP contribution in [0.1, 0.15) is 0 Å². The van der Waals surface area contributed by atoms with Crippen LogP contribution >= 0.6 is 11.8 Å². The summed E-state index contributed by atoms with van der Waals surface area (Å²) in [6, 6.07) is 14.6. The van der Waals surface area contributed by atoms with Gasteiger partial charge in [0.25, 0.3) is 0 Å². The van der Waals surface area contributed by atoms with E-state index in [1.54, 1.807) is 36.0 Å². The van der Waals surface area contributed by atoms with E-state index in [0.717, 1.165) is 9.79 Å². The highest BCUT2D eigenvalue weighted by Crippen LogP contribution is 2.49. The molecule has 0 bridgehead atoms. The summed E-state index contributed by atoms with van der Waals surface area (Å²) in [5.41, 5.74) is 0.984. The number of hydrogen-bond donors (Lipinski definition) is 2. The second-order valence-electron chi connectivity index (χ2n) is 3.64. The minimum Gasteiger partial charge on any atom is -0.171 e. The SMILES string of the molecule is O[N+]1(O)c2ccccc2Sc2ccccc21. The first-order valence-corrected chi connectivity index (χ1v) is 5.73. The smallest absolute Gasteiger partial charge is 0.171 e. The average Bonchev–Trinajstić information content (AvgIpc) is 2.29. The third-order valence-electron chi connectivity index (χ3n) is 2.62. The lowest BCUT2D eigenvalue weighted by Crippen LogP contribution is -2.38. The van der Waals surface area contributed by atoms with Crippen LogP contribution in [-0.4, -0.2) is 10.4 Å². The fraction of sp³-hybridized carbons (Fsp3) is 0. The lowest BCUT2D eigenvalue weighted by atomic mass is 10.2. The van der Waals surface area contributed by atoms with Gasteiger partial charge >= 0.3 is 0 Å². The van der Waals surface area contributed by atoms with Crippen molar-refractivity contribution in [3.63, 3.8) is 0 Å². The number of quaternary nitrogens is 1. The van der Waals surface area contributed by atoms with Gasteiger partial charge in [0.05, 0.1) is 9.79 Å². The summed E-state index contributed by atoms with van der Waals surface area (Å²) in [5.74, 6) is 0. The molecule has 0 saturated carbocycles. The summed E-state index contributed by atoms with van der Waals surface area (Å²) < 4.78 is 0. The summed E-state index contributed by atoms with van der Waals surface area (Å²) >= 11 is 1.55. The van der Waals surface area contributed by atoms with E-state index in [-0.39, 0.29) is 0 Å². The van der Waals surface area contributed by atoms with E-state index in [0.29, 0.717) is 11.4 Å². The van der Waals surface area contributed by atoms with Crippen molar-refractivity contribution in [2.45, 2.75) is 9.79 Å². The molecule has 1 aliphatic rings. The van der Waals surface area contributed by atoms with Gasteiger partial charge < -0.3 is 0 Å². The van der Waals surface area contributed by atoms with E-state index < -0.39 is 4.81 Å². The predicted octanol–water partition coefficient (Wildman–Crippen LogP) is 3.57. The van der Waals surface area contributed by atoms with E-state index in [1.165, 1.54) is 0 Å². The zero-order chi connectivity index (χ0) is 11.2. The quantitative estimate of drug-likeness (QED) is 0.682. The van der Waals surface area contributed by atoms with Crippen LogP contribution < -0.4 is 4.81 Å². The van der Waals surface area contributed by atoms with Crippen LogP contribution in [0.4, 0.5) is 11.4 Å². The Kier molecular flexibility index (Phi) is 2.05. The Labute approximate surface area is 97.1 Å². The first kappa shape index (κ1) is 9.86. The summed E-state index contributed by atoms with van der Waals surface area (Å²) in [6.45, 7) is 0. The fourth-order valence-electron chi connectivity index (χ4n) is 1.85. The predicted molar refractivity (Wildman–Crippen MR) is 62.0 cm³/mol. The highest BCUT2D eigenvalue weighted by Gasteiger charge is 2.40. The van der Waals surface area contributed by atoms with Gasteiger partial charge in [0.1, 0.15) is 0 Å². The molecular weight excluding hydrogens is 222 g/mol. The molecule has 0 radical (unpaired) electrons. The number of benzene rings is 2. The van der Waals surface area contributed by atoms with E-state index in [9.17, 15) is 10.4 Å². The van der Waals surface area contributed by atoms with Crippen LogP contribution in [0, 0.1) is 0 Å². The molecule has 0 saturated heterocycles. The van der Waals surface area contributed by atoms with E-state index >= 15 is 0 Å². The molecule has 80 valence electrons. The average molecular weight is 232 g/mol. The van der Waals surface area contributed by atoms with Crippen LogP contribution in [0.15, 0.2) is 58.3 Å². The number of fused-ring (bicyclic) bond motifs is 2. The van der Waals surface area contributed by atoms with Crippen molar-refractivity contribution in [3.05, 3.63) is 48.5 Å². The van der Waals surface area contributed by atoms with Gasteiger partial charge in [-0.1, -0.05) is 36.0 Å². The molecule has 4 heteroatoms. The van der Waals surface area contributed by atoms with Crippen LogP contribution in [-0.2, 0) is 0 Å². The topological polar surface area (TPSA) is 40.5 Å². The standard InChI is InChI=1S/C12H10NO2S/c14-13(15)9-5-1-3-7-11(9)16-12-8-4-2-6-10(12)13/h1-8,14-15H/q+1. The second kappa shape index (κ2) is 3.33. The molecular formula is C12H10NO2S+. The minimum atomic E-state index is -1.17. The first-order valence-electron chi connectivity index (χ1n) is 4.91. The Morgan fingerprint density at radius 1 is 0.750 bits per heavy atom. The summed E-state index contributed by atoms with van der Waals surface area (Å²) in [6.07, 6.45) is 0. The lowest BCUT2D eigenvalue weighted by molar-refractivity contribution is -0.248. The lowest BCUT2D eigenvalue weighted by Gasteiger charge is -2.27. The summed E-state index contributed by atoms with van der Waals surface area (Å²) in [7, 11) is 0. The van der Waals surface area contributed by atoms with Gasteiger partial charge in [-0.3, -0.25) is 0 Å². The van der Waals surface area contributed by atoms with Crippen LogP contribution in [0.25, 0.3) is 0 Å². The largest absolute Gasteiger partial charge is 0.219 e. The Morgan fingerprint density at radius 2 is 1.19 bits per heavy atom. The molecule has 2 aromatic rings. The summed E-state index contributed by atoms with van der Waals surface area (Å²) in [4.78, 5) is 0.566. The zero-order valence-electron chi connectivity index (χ0n) is 8.37. The van der Waals surface area contributed by atoms with Crippen molar-refractivity contribution >= 4 is 23.1 Å². The molecule has 0 fully saturated rings. The van der Waals surface area contributed by atoms with E-state index in [2.05, 4.69) is 0 Å².